The lowest BCUT2D eigenvalue weighted by Crippen LogP contribution is -2.42. The van der Waals surface area contributed by atoms with Crippen molar-refractivity contribution in [1.82, 2.24) is 9.80 Å². The van der Waals surface area contributed by atoms with E-state index in [-0.39, 0.29) is 23.7 Å². The Labute approximate surface area is 155 Å². The quantitative estimate of drug-likeness (QED) is 0.880. The molecule has 0 spiro atoms. The van der Waals surface area contributed by atoms with Crippen LogP contribution in [0.1, 0.15) is 31.2 Å². The average molecular weight is 356 g/mol. The fourth-order valence-corrected chi connectivity index (χ4v) is 4.71. The van der Waals surface area contributed by atoms with Gasteiger partial charge >= 0.3 is 5.97 Å². The number of carbonyl (C=O) groups excluding carboxylic acids is 1. The Bertz CT molecular complexity index is 650. The highest BCUT2D eigenvalue weighted by atomic mass is 16.4. The van der Waals surface area contributed by atoms with E-state index in [1.807, 2.05) is 11.0 Å². The molecule has 2 saturated heterocycles. The summed E-state index contributed by atoms with van der Waals surface area (Å²) in [5, 5.41) is 9.50. The van der Waals surface area contributed by atoms with Gasteiger partial charge in [-0.3, -0.25) is 14.5 Å². The molecular weight excluding hydrogens is 328 g/mol. The summed E-state index contributed by atoms with van der Waals surface area (Å²) >= 11 is 0. The third-order valence-corrected chi connectivity index (χ3v) is 6.41. The summed E-state index contributed by atoms with van der Waals surface area (Å²) in [6.07, 6.45) is 4.03. The molecule has 1 amide bonds. The van der Waals surface area contributed by atoms with Gasteiger partial charge < -0.3 is 10.0 Å². The number of aliphatic carboxylic acids is 1. The van der Waals surface area contributed by atoms with E-state index in [9.17, 15) is 14.7 Å². The van der Waals surface area contributed by atoms with Crippen molar-refractivity contribution in [2.24, 2.45) is 23.7 Å². The Balaban J connectivity index is 1.30. The van der Waals surface area contributed by atoms with Gasteiger partial charge in [0.25, 0.3) is 0 Å². The Morgan fingerprint density at radius 2 is 1.69 bits per heavy atom. The number of hydrogen-bond donors (Lipinski definition) is 1. The molecule has 4 rings (SSSR count). The molecule has 26 heavy (non-hydrogen) atoms. The van der Waals surface area contributed by atoms with Gasteiger partial charge in [-0.1, -0.05) is 30.3 Å². The number of amides is 1. The molecule has 140 valence electrons. The van der Waals surface area contributed by atoms with Crippen molar-refractivity contribution in [3.63, 3.8) is 0 Å². The Morgan fingerprint density at radius 1 is 1.00 bits per heavy atom. The molecule has 1 aromatic carbocycles. The predicted molar refractivity (Wildman–Crippen MR) is 98.4 cm³/mol. The van der Waals surface area contributed by atoms with Crippen LogP contribution in [0.25, 0.3) is 0 Å². The molecule has 0 unspecified atom stereocenters. The maximum absolute atomic E-state index is 12.9. The molecule has 3 fully saturated rings. The van der Waals surface area contributed by atoms with Gasteiger partial charge in [0.15, 0.2) is 0 Å². The third-order valence-electron chi connectivity index (χ3n) is 6.41. The van der Waals surface area contributed by atoms with Crippen LogP contribution in [-0.2, 0) is 16.1 Å². The Kier molecular flexibility index (Phi) is 4.98. The summed E-state index contributed by atoms with van der Waals surface area (Å²) in [5.41, 5.74) is 1.31. The summed E-state index contributed by atoms with van der Waals surface area (Å²) in [4.78, 5) is 28.8. The van der Waals surface area contributed by atoms with Crippen LogP contribution in [0.3, 0.4) is 0 Å². The van der Waals surface area contributed by atoms with Crippen LogP contribution in [0.4, 0.5) is 0 Å². The molecular formula is C21H28N2O3. The summed E-state index contributed by atoms with van der Waals surface area (Å²) in [6.45, 7) is 3.89. The van der Waals surface area contributed by atoms with Gasteiger partial charge in [-0.2, -0.15) is 0 Å². The number of rotatable bonds is 5. The zero-order valence-corrected chi connectivity index (χ0v) is 15.2. The molecule has 1 N–H and O–H groups in total. The monoisotopic (exact) mass is 356 g/mol. The summed E-state index contributed by atoms with van der Waals surface area (Å²) in [6, 6.07) is 10.4. The maximum Gasteiger partial charge on any atom is 0.308 e. The average Bonchev–Trinajstić information content (AvgIpc) is 3.40. The van der Waals surface area contributed by atoms with Crippen LogP contribution in [-0.4, -0.2) is 53.0 Å². The Morgan fingerprint density at radius 3 is 2.31 bits per heavy atom. The summed E-state index contributed by atoms with van der Waals surface area (Å²) in [5.74, 6) is -0.121. The SMILES string of the molecule is O=C(O)[C@H]1CN(C(=O)C2CCN(Cc3ccccc3)CC2)C[C@@H]1C1CC1. The van der Waals surface area contributed by atoms with E-state index in [1.165, 1.54) is 5.56 Å². The van der Waals surface area contributed by atoms with Crippen molar-refractivity contribution in [3.05, 3.63) is 35.9 Å². The zero-order valence-electron chi connectivity index (χ0n) is 15.2. The minimum Gasteiger partial charge on any atom is -0.481 e. The largest absolute Gasteiger partial charge is 0.481 e. The number of nitrogens with zero attached hydrogens (tertiary/aromatic N) is 2. The van der Waals surface area contributed by atoms with Crippen LogP contribution in [0, 0.1) is 23.7 Å². The first-order valence-electron chi connectivity index (χ1n) is 9.89. The second-order valence-corrected chi connectivity index (χ2v) is 8.23. The molecule has 5 nitrogen and oxygen atoms in total. The third kappa shape index (κ3) is 3.78. The van der Waals surface area contributed by atoms with Gasteiger partial charge in [0.2, 0.25) is 5.91 Å². The van der Waals surface area contributed by atoms with E-state index in [0.717, 1.165) is 45.3 Å². The van der Waals surface area contributed by atoms with E-state index in [0.29, 0.717) is 19.0 Å². The smallest absolute Gasteiger partial charge is 0.308 e. The van der Waals surface area contributed by atoms with Crippen LogP contribution < -0.4 is 0 Å². The lowest BCUT2D eigenvalue weighted by Gasteiger charge is -2.33. The number of carboxylic acid groups (broad SMARTS) is 1. The van der Waals surface area contributed by atoms with Crippen molar-refractivity contribution in [3.8, 4) is 0 Å². The first-order valence-corrected chi connectivity index (χ1v) is 9.89. The molecule has 0 radical (unpaired) electrons. The highest BCUT2D eigenvalue weighted by molar-refractivity contribution is 5.81. The molecule has 5 heteroatoms. The molecule has 0 aromatic heterocycles. The molecule has 2 aliphatic heterocycles. The highest BCUT2D eigenvalue weighted by Gasteiger charge is 2.47. The van der Waals surface area contributed by atoms with Crippen LogP contribution in [0.5, 0.6) is 0 Å². The molecule has 2 heterocycles. The van der Waals surface area contributed by atoms with Crippen molar-refractivity contribution in [1.29, 1.82) is 0 Å². The zero-order chi connectivity index (χ0) is 18.1. The van der Waals surface area contributed by atoms with Crippen LogP contribution in [0.15, 0.2) is 30.3 Å². The lowest BCUT2D eigenvalue weighted by atomic mass is 9.92. The first-order chi connectivity index (χ1) is 12.6. The highest BCUT2D eigenvalue weighted by Crippen LogP contribution is 2.44. The van der Waals surface area contributed by atoms with Crippen LogP contribution >= 0.6 is 0 Å². The van der Waals surface area contributed by atoms with Gasteiger partial charge in [0, 0.05) is 25.6 Å². The van der Waals surface area contributed by atoms with Gasteiger partial charge in [-0.05, 0) is 56.2 Å². The van der Waals surface area contributed by atoms with Crippen molar-refractivity contribution in [2.45, 2.75) is 32.2 Å². The van der Waals surface area contributed by atoms with E-state index < -0.39 is 5.97 Å². The molecule has 0 bridgehead atoms. The topological polar surface area (TPSA) is 60.9 Å². The van der Waals surface area contributed by atoms with Gasteiger partial charge in [-0.15, -0.1) is 0 Å². The number of hydrogen-bond acceptors (Lipinski definition) is 3. The minimum absolute atomic E-state index is 0.0643. The van der Waals surface area contributed by atoms with Gasteiger partial charge in [0.1, 0.15) is 0 Å². The van der Waals surface area contributed by atoms with Crippen molar-refractivity contribution < 1.29 is 14.7 Å². The molecule has 1 aromatic rings. The van der Waals surface area contributed by atoms with E-state index in [2.05, 4.69) is 29.2 Å². The number of carbonyl (C=O) groups is 2. The second-order valence-electron chi connectivity index (χ2n) is 8.23. The van der Waals surface area contributed by atoms with E-state index >= 15 is 0 Å². The lowest BCUT2D eigenvalue weighted by molar-refractivity contribution is -0.143. The molecule has 2 atom stereocenters. The number of benzene rings is 1. The number of carboxylic acids is 1. The van der Waals surface area contributed by atoms with Gasteiger partial charge in [0.05, 0.1) is 5.92 Å². The number of piperidine rings is 1. The summed E-state index contributed by atoms with van der Waals surface area (Å²) < 4.78 is 0. The fourth-order valence-electron chi connectivity index (χ4n) is 4.71. The van der Waals surface area contributed by atoms with Gasteiger partial charge in [-0.25, -0.2) is 0 Å². The van der Waals surface area contributed by atoms with Crippen LogP contribution in [0.2, 0.25) is 0 Å². The standard InChI is InChI=1S/C21H28N2O3/c24-20(23-13-18(16-6-7-16)19(14-23)21(25)26)17-8-10-22(11-9-17)12-15-4-2-1-3-5-15/h1-5,16-19H,6-14H2,(H,25,26)/t18-,19+/m1/s1. The maximum atomic E-state index is 12.9. The Hall–Kier alpha value is -1.88. The van der Waals surface area contributed by atoms with Crippen molar-refractivity contribution in [2.75, 3.05) is 26.2 Å². The van der Waals surface area contributed by atoms with Crippen molar-refractivity contribution >= 4 is 11.9 Å². The van der Waals surface area contributed by atoms with E-state index in [4.69, 9.17) is 0 Å². The first kappa shape index (κ1) is 17.5. The molecule has 3 aliphatic rings. The number of likely N-dealkylation sites (tertiary alicyclic amines) is 2. The second kappa shape index (κ2) is 7.39. The molecule has 1 saturated carbocycles. The minimum atomic E-state index is -0.727. The normalized spacial score (nSPS) is 27.6. The fraction of sp³-hybridized carbons (Fsp3) is 0.619. The molecule has 1 aliphatic carbocycles. The summed E-state index contributed by atoms with van der Waals surface area (Å²) in [7, 11) is 0. The van der Waals surface area contributed by atoms with E-state index in [1.54, 1.807) is 0 Å². The predicted octanol–water partition coefficient (Wildman–Crippen LogP) is 2.47.